The van der Waals surface area contributed by atoms with Crippen molar-refractivity contribution in [2.24, 2.45) is 0 Å². The Balaban J connectivity index is 2.88. The van der Waals surface area contributed by atoms with E-state index in [0.29, 0.717) is 0 Å². The Morgan fingerprint density at radius 2 is 1.64 bits per heavy atom. The quantitative estimate of drug-likeness (QED) is 0.463. The van der Waals surface area contributed by atoms with Crippen molar-refractivity contribution in [1.29, 1.82) is 0 Å². The van der Waals surface area contributed by atoms with E-state index in [1.54, 1.807) is 0 Å². The summed E-state index contributed by atoms with van der Waals surface area (Å²) in [5.41, 5.74) is 0. The Hall–Kier alpha value is -0.610. The molecule has 0 saturated carbocycles. The first kappa shape index (κ1) is 13.4. The maximum atomic E-state index is 10.2. The molecule has 4 nitrogen and oxygen atoms in total. The summed E-state index contributed by atoms with van der Waals surface area (Å²) in [5, 5.41) is 20.1. The van der Waals surface area contributed by atoms with E-state index in [4.69, 9.17) is 10.2 Å². The zero-order valence-electron chi connectivity index (χ0n) is 8.67. The maximum absolute atomic E-state index is 10.2. The number of aliphatic hydroxyl groups is 1. The first-order chi connectivity index (χ1) is 6.77. The van der Waals surface area contributed by atoms with E-state index in [0.717, 1.165) is 45.2 Å². The van der Waals surface area contributed by atoms with Crippen molar-refractivity contribution < 1.29 is 15.0 Å². The molecule has 0 saturated heterocycles. The van der Waals surface area contributed by atoms with Gasteiger partial charge in [-0.3, -0.25) is 4.79 Å². The van der Waals surface area contributed by atoms with Crippen molar-refractivity contribution in [3.8, 4) is 0 Å². The smallest absolute Gasteiger partial charge is 0.303 e. The second-order valence-corrected chi connectivity index (χ2v) is 3.39. The highest BCUT2D eigenvalue weighted by molar-refractivity contribution is 5.66. The highest BCUT2D eigenvalue weighted by Gasteiger charge is 1.95. The number of carboxylic acids is 1. The molecule has 3 N–H and O–H groups in total. The second-order valence-electron chi connectivity index (χ2n) is 3.39. The van der Waals surface area contributed by atoms with Gasteiger partial charge in [0.2, 0.25) is 0 Å². The molecule has 4 heteroatoms. The van der Waals surface area contributed by atoms with Gasteiger partial charge in [-0.2, -0.15) is 0 Å². The number of hydrogen-bond acceptors (Lipinski definition) is 3. The number of nitrogens with one attached hydrogen (secondary N) is 1. The van der Waals surface area contributed by atoms with Crippen LogP contribution in [0.1, 0.15) is 38.5 Å². The number of aliphatic hydroxyl groups excluding tert-OH is 1. The Labute approximate surface area is 85.3 Å². The van der Waals surface area contributed by atoms with Gasteiger partial charge in [-0.25, -0.2) is 0 Å². The van der Waals surface area contributed by atoms with Crippen LogP contribution in [0.25, 0.3) is 0 Å². The van der Waals surface area contributed by atoms with Crippen molar-refractivity contribution >= 4 is 5.97 Å². The van der Waals surface area contributed by atoms with E-state index in [-0.39, 0.29) is 13.0 Å². The van der Waals surface area contributed by atoms with E-state index in [1.807, 2.05) is 0 Å². The Morgan fingerprint density at radius 1 is 1.00 bits per heavy atom. The van der Waals surface area contributed by atoms with Gasteiger partial charge in [0.25, 0.3) is 0 Å². The van der Waals surface area contributed by atoms with Gasteiger partial charge in [0, 0.05) is 13.0 Å². The van der Waals surface area contributed by atoms with Crippen molar-refractivity contribution in [3.05, 3.63) is 0 Å². The van der Waals surface area contributed by atoms with Gasteiger partial charge >= 0.3 is 5.97 Å². The molecule has 0 aliphatic rings. The van der Waals surface area contributed by atoms with E-state index in [1.165, 1.54) is 0 Å². The summed E-state index contributed by atoms with van der Waals surface area (Å²) in [6.07, 6.45) is 4.92. The van der Waals surface area contributed by atoms with E-state index in [2.05, 4.69) is 5.32 Å². The molecule has 0 heterocycles. The first-order valence-electron chi connectivity index (χ1n) is 5.30. The van der Waals surface area contributed by atoms with Crippen molar-refractivity contribution in [2.45, 2.75) is 38.5 Å². The average molecular weight is 203 g/mol. The molecule has 0 aromatic heterocycles. The number of unbranched alkanes of at least 4 members (excludes halogenated alkanes) is 3. The first-order valence-corrected chi connectivity index (χ1v) is 5.30. The van der Waals surface area contributed by atoms with Crippen LogP contribution in [0, 0.1) is 0 Å². The molecule has 0 fully saturated rings. The standard InChI is InChI=1S/C10H21NO3/c12-9-5-4-8-11-7-3-1-2-6-10(13)14/h11-12H,1-9H2,(H,13,14). The fourth-order valence-corrected chi connectivity index (χ4v) is 1.19. The van der Waals surface area contributed by atoms with Crippen molar-refractivity contribution in [3.63, 3.8) is 0 Å². The van der Waals surface area contributed by atoms with Gasteiger partial charge in [-0.1, -0.05) is 6.42 Å². The molecule has 0 aliphatic carbocycles. The van der Waals surface area contributed by atoms with Crippen LogP contribution in [0.3, 0.4) is 0 Å². The summed E-state index contributed by atoms with van der Waals surface area (Å²) in [4.78, 5) is 10.2. The summed E-state index contributed by atoms with van der Waals surface area (Å²) < 4.78 is 0. The molecule has 0 spiro atoms. The topological polar surface area (TPSA) is 69.6 Å². The molecule has 0 unspecified atom stereocenters. The minimum absolute atomic E-state index is 0.264. The Morgan fingerprint density at radius 3 is 2.21 bits per heavy atom. The predicted octanol–water partition coefficient (Wildman–Crippen LogP) is 0.994. The molecule has 84 valence electrons. The van der Waals surface area contributed by atoms with Gasteiger partial charge in [0.05, 0.1) is 0 Å². The Bertz CT molecular complexity index is 139. The zero-order valence-corrected chi connectivity index (χ0v) is 8.67. The lowest BCUT2D eigenvalue weighted by atomic mass is 10.2. The number of rotatable bonds is 10. The second kappa shape index (κ2) is 10.5. The lowest BCUT2D eigenvalue weighted by Crippen LogP contribution is -2.16. The molecule has 0 radical (unpaired) electrons. The van der Waals surface area contributed by atoms with Crippen LogP contribution in [0.5, 0.6) is 0 Å². The number of hydrogen-bond donors (Lipinski definition) is 3. The highest BCUT2D eigenvalue weighted by Crippen LogP contribution is 1.98. The lowest BCUT2D eigenvalue weighted by Gasteiger charge is -2.03. The third-order valence-corrected chi connectivity index (χ3v) is 2.01. The molecular weight excluding hydrogens is 182 g/mol. The fourth-order valence-electron chi connectivity index (χ4n) is 1.19. The lowest BCUT2D eigenvalue weighted by molar-refractivity contribution is -0.137. The zero-order chi connectivity index (χ0) is 10.6. The van der Waals surface area contributed by atoms with Crippen LogP contribution in [-0.4, -0.2) is 35.9 Å². The van der Waals surface area contributed by atoms with Crippen LogP contribution in [-0.2, 0) is 4.79 Å². The largest absolute Gasteiger partial charge is 0.481 e. The number of aliphatic carboxylic acids is 1. The highest BCUT2D eigenvalue weighted by atomic mass is 16.4. The van der Waals surface area contributed by atoms with Crippen LogP contribution in [0.15, 0.2) is 0 Å². The van der Waals surface area contributed by atoms with Crippen LogP contribution < -0.4 is 5.32 Å². The third-order valence-electron chi connectivity index (χ3n) is 2.01. The van der Waals surface area contributed by atoms with Gasteiger partial charge < -0.3 is 15.5 Å². The molecule has 0 aromatic rings. The SMILES string of the molecule is O=C(O)CCCCCNCCCCO. The summed E-state index contributed by atoms with van der Waals surface area (Å²) in [6, 6.07) is 0. The minimum Gasteiger partial charge on any atom is -0.481 e. The van der Waals surface area contributed by atoms with Gasteiger partial charge in [-0.05, 0) is 38.8 Å². The number of carbonyl (C=O) groups is 1. The average Bonchev–Trinajstić information content (AvgIpc) is 2.15. The summed E-state index contributed by atoms with van der Waals surface area (Å²) in [7, 11) is 0. The summed E-state index contributed by atoms with van der Waals surface area (Å²) in [6.45, 7) is 2.16. The maximum Gasteiger partial charge on any atom is 0.303 e. The van der Waals surface area contributed by atoms with Gasteiger partial charge in [0.1, 0.15) is 0 Å². The van der Waals surface area contributed by atoms with E-state index in [9.17, 15) is 4.79 Å². The Kier molecular flexibility index (Phi) is 10.0. The van der Waals surface area contributed by atoms with Crippen LogP contribution in [0.2, 0.25) is 0 Å². The van der Waals surface area contributed by atoms with Crippen LogP contribution in [0.4, 0.5) is 0 Å². The molecule has 0 rings (SSSR count). The third kappa shape index (κ3) is 11.4. The van der Waals surface area contributed by atoms with Crippen molar-refractivity contribution in [2.75, 3.05) is 19.7 Å². The monoisotopic (exact) mass is 203 g/mol. The molecule has 0 aliphatic heterocycles. The van der Waals surface area contributed by atoms with Crippen LogP contribution >= 0.6 is 0 Å². The normalized spacial score (nSPS) is 10.4. The fraction of sp³-hybridized carbons (Fsp3) is 0.900. The molecule has 14 heavy (non-hydrogen) atoms. The van der Waals surface area contributed by atoms with E-state index >= 15 is 0 Å². The molecule has 0 amide bonds. The van der Waals surface area contributed by atoms with Crippen molar-refractivity contribution in [1.82, 2.24) is 5.32 Å². The summed E-state index contributed by atoms with van der Waals surface area (Å²) >= 11 is 0. The molecule has 0 aromatic carbocycles. The van der Waals surface area contributed by atoms with E-state index < -0.39 is 5.97 Å². The van der Waals surface area contributed by atoms with Gasteiger partial charge in [-0.15, -0.1) is 0 Å². The summed E-state index contributed by atoms with van der Waals surface area (Å²) in [5.74, 6) is -0.707. The predicted molar refractivity (Wildman–Crippen MR) is 55.3 cm³/mol. The van der Waals surface area contributed by atoms with Gasteiger partial charge in [0.15, 0.2) is 0 Å². The molecule has 0 atom stereocenters. The minimum atomic E-state index is -0.707. The molecule has 0 bridgehead atoms. The number of carboxylic acid groups (broad SMARTS) is 1. The molecular formula is C10H21NO3.